The van der Waals surface area contributed by atoms with E-state index < -0.39 is 0 Å². The standard InChI is InChI=1S/C12H20/c1-6-7-11(4)12(5)9-8-10(2)3/h8-9H,2,6-7H2,1,3-5H3/b9-8-,12-11+. The first kappa shape index (κ1) is 11.2. The molecule has 0 heteroatoms. The van der Waals surface area contributed by atoms with Gasteiger partial charge in [0.15, 0.2) is 0 Å². The Bertz CT molecular complexity index is 204. The maximum atomic E-state index is 3.82. The highest BCUT2D eigenvalue weighted by molar-refractivity contribution is 5.27. The van der Waals surface area contributed by atoms with Crippen LogP contribution < -0.4 is 0 Å². The van der Waals surface area contributed by atoms with E-state index in [1.807, 2.05) is 6.92 Å². The average molecular weight is 164 g/mol. The Morgan fingerprint density at radius 1 is 1.17 bits per heavy atom. The van der Waals surface area contributed by atoms with Crippen LogP contribution >= 0.6 is 0 Å². The van der Waals surface area contributed by atoms with Gasteiger partial charge >= 0.3 is 0 Å². The molecule has 12 heavy (non-hydrogen) atoms. The lowest BCUT2D eigenvalue weighted by atomic mass is 10.1. The predicted molar refractivity (Wildman–Crippen MR) is 57.2 cm³/mol. The van der Waals surface area contributed by atoms with E-state index >= 15 is 0 Å². The molecule has 0 aromatic heterocycles. The molecule has 0 nitrogen and oxygen atoms in total. The van der Waals surface area contributed by atoms with Crippen molar-refractivity contribution in [3.05, 3.63) is 35.5 Å². The Morgan fingerprint density at radius 2 is 1.75 bits per heavy atom. The molecule has 0 N–H and O–H groups in total. The summed E-state index contributed by atoms with van der Waals surface area (Å²) in [4.78, 5) is 0. The highest BCUT2D eigenvalue weighted by atomic mass is 14.0. The summed E-state index contributed by atoms with van der Waals surface area (Å²) in [7, 11) is 0. The van der Waals surface area contributed by atoms with Gasteiger partial charge in [-0.2, -0.15) is 0 Å². The zero-order valence-corrected chi connectivity index (χ0v) is 8.78. The lowest BCUT2D eigenvalue weighted by molar-refractivity contribution is 0.895. The van der Waals surface area contributed by atoms with E-state index in [2.05, 4.69) is 39.5 Å². The molecule has 0 aliphatic rings. The topological polar surface area (TPSA) is 0 Å². The number of allylic oxidation sites excluding steroid dienone is 5. The van der Waals surface area contributed by atoms with Gasteiger partial charge in [-0.1, -0.05) is 48.8 Å². The highest BCUT2D eigenvalue weighted by Crippen LogP contribution is 2.11. The van der Waals surface area contributed by atoms with Gasteiger partial charge in [-0.3, -0.25) is 0 Å². The third-order valence-electron chi connectivity index (χ3n) is 1.92. The fourth-order valence-corrected chi connectivity index (χ4v) is 0.982. The van der Waals surface area contributed by atoms with Gasteiger partial charge in [0.1, 0.15) is 0 Å². The monoisotopic (exact) mass is 164 g/mol. The van der Waals surface area contributed by atoms with Crippen LogP contribution in [0.1, 0.15) is 40.5 Å². The van der Waals surface area contributed by atoms with Gasteiger partial charge < -0.3 is 0 Å². The summed E-state index contributed by atoms with van der Waals surface area (Å²) in [5, 5.41) is 0. The lowest BCUT2D eigenvalue weighted by Gasteiger charge is -2.01. The summed E-state index contributed by atoms with van der Waals surface area (Å²) in [5.74, 6) is 0. The number of rotatable bonds is 4. The Labute approximate surface area is 76.7 Å². The van der Waals surface area contributed by atoms with Crippen molar-refractivity contribution >= 4 is 0 Å². The summed E-state index contributed by atoms with van der Waals surface area (Å²) in [6.07, 6.45) is 6.64. The first-order valence-corrected chi connectivity index (χ1v) is 4.57. The van der Waals surface area contributed by atoms with Crippen LogP contribution in [0.25, 0.3) is 0 Å². The fraction of sp³-hybridized carbons (Fsp3) is 0.500. The molecule has 68 valence electrons. The average Bonchev–Trinajstić information content (AvgIpc) is 2.00. The molecule has 0 atom stereocenters. The SMILES string of the molecule is C=C(C)/C=C\C(C)=C(/C)CCC. The molecule has 0 saturated heterocycles. The molecule has 0 aromatic carbocycles. The van der Waals surface area contributed by atoms with Gasteiger partial charge in [-0.25, -0.2) is 0 Å². The van der Waals surface area contributed by atoms with Gasteiger partial charge in [0.2, 0.25) is 0 Å². The largest absolute Gasteiger partial charge is 0.0961 e. The molecule has 0 heterocycles. The van der Waals surface area contributed by atoms with Crippen LogP contribution in [0.5, 0.6) is 0 Å². The molecule has 0 fully saturated rings. The minimum absolute atomic E-state index is 1.11. The lowest BCUT2D eigenvalue weighted by Crippen LogP contribution is -1.80. The zero-order chi connectivity index (χ0) is 9.56. The minimum Gasteiger partial charge on any atom is -0.0961 e. The first-order chi connectivity index (χ1) is 5.57. The van der Waals surface area contributed by atoms with Crippen LogP contribution in [0.15, 0.2) is 35.5 Å². The van der Waals surface area contributed by atoms with Crippen molar-refractivity contribution in [3.63, 3.8) is 0 Å². The third-order valence-corrected chi connectivity index (χ3v) is 1.92. The minimum atomic E-state index is 1.11. The molecular weight excluding hydrogens is 144 g/mol. The van der Waals surface area contributed by atoms with Gasteiger partial charge in [-0.05, 0) is 27.2 Å². The van der Waals surface area contributed by atoms with Gasteiger partial charge in [-0.15, -0.1) is 0 Å². The fourth-order valence-electron chi connectivity index (χ4n) is 0.982. The normalized spacial score (nSPS) is 13.3. The quantitative estimate of drug-likeness (QED) is 0.545. The Hall–Kier alpha value is -0.780. The Morgan fingerprint density at radius 3 is 2.17 bits per heavy atom. The number of hydrogen-bond donors (Lipinski definition) is 0. The second-order valence-corrected chi connectivity index (χ2v) is 3.39. The van der Waals surface area contributed by atoms with Crippen molar-refractivity contribution in [1.82, 2.24) is 0 Å². The van der Waals surface area contributed by atoms with Gasteiger partial charge in [0.25, 0.3) is 0 Å². The Kier molecular flexibility index (Phi) is 5.44. The number of hydrogen-bond acceptors (Lipinski definition) is 0. The van der Waals surface area contributed by atoms with Crippen LogP contribution in [0, 0.1) is 0 Å². The molecule has 0 aromatic rings. The summed E-state index contributed by atoms with van der Waals surface area (Å²) in [6.45, 7) is 12.4. The van der Waals surface area contributed by atoms with E-state index in [-0.39, 0.29) is 0 Å². The second-order valence-electron chi connectivity index (χ2n) is 3.39. The Balaban J connectivity index is 4.25. The van der Waals surface area contributed by atoms with E-state index in [4.69, 9.17) is 0 Å². The third kappa shape index (κ3) is 4.95. The van der Waals surface area contributed by atoms with E-state index in [0.29, 0.717) is 0 Å². The molecule has 0 rings (SSSR count). The van der Waals surface area contributed by atoms with Crippen LogP contribution in [-0.2, 0) is 0 Å². The molecule has 0 bridgehead atoms. The van der Waals surface area contributed by atoms with Crippen LogP contribution in [0.3, 0.4) is 0 Å². The summed E-state index contributed by atoms with van der Waals surface area (Å²) in [5.41, 5.74) is 3.97. The molecule has 0 amide bonds. The first-order valence-electron chi connectivity index (χ1n) is 4.57. The summed E-state index contributed by atoms with van der Waals surface area (Å²) < 4.78 is 0. The second kappa shape index (κ2) is 5.82. The van der Waals surface area contributed by atoms with Crippen molar-refractivity contribution in [2.24, 2.45) is 0 Å². The van der Waals surface area contributed by atoms with Crippen LogP contribution in [0.4, 0.5) is 0 Å². The molecule has 0 aliphatic carbocycles. The van der Waals surface area contributed by atoms with E-state index in [9.17, 15) is 0 Å². The van der Waals surface area contributed by atoms with Crippen molar-refractivity contribution in [2.75, 3.05) is 0 Å². The van der Waals surface area contributed by atoms with Crippen molar-refractivity contribution in [1.29, 1.82) is 0 Å². The van der Waals surface area contributed by atoms with E-state index in [1.54, 1.807) is 0 Å². The van der Waals surface area contributed by atoms with Gasteiger partial charge in [0.05, 0.1) is 0 Å². The van der Waals surface area contributed by atoms with Crippen molar-refractivity contribution < 1.29 is 0 Å². The summed E-state index contributed by atoms with van der Waals surface area (Å²) >= 11 is 0. The molecular formula is C12H20. The van der Waals surface area contributed by atoms with E-state index in [1.165, 1.54) is 24.0 Å². The van der Waals surface area contributed by atoms with Crippen molar-refractivity contribution in [2.45, 2.75) is 40.5 Å². The van der Waals surface area contributed by atoms with Crippen LogP contribution in [-0.4, -0.2) is 0 Å². The molecule has 0 unspecified atom stereocenters. The van der Waals surface area contributed by atoms with E-state index in [0.717, 1.165) is 5.57 Å². The predicted octanol–water partition coefficient (Wildman–Crippen LogP) is 4.26. The maximum absolute atomic E-state index is 3.82. The molecule has 0 aliphatic heterocycles. The van der Waals surface area contributed by atoms with Gasteiger partial charge in [0, 0.05) is 0 Å². The highest BCUT2D eigenvalue weighted by Gasteiger charge is 1.91. The molecule has 0 spiro atoms. The zero-order valence-electron chi connectivity index (χ0n) is 8.78. The molecule has 0 radical (unpaired) electrons. The smallest absolute Gasteiger partial charge is 0.0320 e. The molecule has 0 saturated carbocycles. The van der Waals surface area contributed by atoms with Crippen molar-refractivity contribution in [3.8, 4) is 0 Å². The van der Waals surface area contributed by atoms with Crippen LogP contribution in [0.2, 0.25) is 0 Å². The maximum Gasteiger partial charge on any atom is -0.0320 e. The summed E-state index contributed by atoms with van der Waals surface area (Å²) in [6, 6.07) is 0.